The molecule has 0 aromatic heterocycles. The molecule has 246 valence electrons. The van der Waals surface area contributed by atoms with Gasteiger partial charge in [-0.1, -0.05) is 72.8 Å². The summed E-state index contributed by atoms with van der Waals surface area (Å²) in [6, 6.07) is 20.0. The van der Waals surface area contributed by atoms with E-state index < -0.39 is 60.4 Å². The maximum atomic E-state index is 6.66. The molecule has 3 aliphatic heterocycles. The molecule has 3 saturated heterocycles. The minimum Gasteiger partial charge on any atom is -0.371 e. The molecule has 3 aliphatic rings. The molecule has 2 aromatic rings. The molecule has 0 radical (unpaired) electrons. The molecule has 45 heavy (non-hydrogen) atoms. The Bertz CT molecular complexity index is 1220. The van der Waals surface area contributed by atoms with Crippen LogP contribution in [0.15, 0.2) is 86.0 Å². The Morgan fingerprint density at radius 1 is 0.822 bits per heavy atom. The third-order valence-corrected chi connectivity index (χ3v) is 8.33. The Hall–Kier alpha value is -2.44. The van der Waals surface area contributed by atoms with Gasteiger partial charge in [0.25, 0.3) is 0 Å². The van der Waals surface area contributed by atoms with Crippen LogP contribution in [0.5, 0.6) is 0 Å². The molecular formula is C36H48O9. The van der Waals surface area contributed by atoms with Crippen LogP contribution < -0.4 is 0 Å². The third-order valence-electron chi connectivity index (χ3n) is 8.33. The van der Waals surface area contributed by atoms with Crippen molar-refractivity contribution in [3.63, 3.8) is 0 Å². The Labute approximate surface area is 267 Å². The van der Waals surface area contributed by atoms with Crippen LogP contribution in [0.25, 0.3) is 0 Å². The highest BCUT2D eigenvalue weighted by Crippen LogP contribution is 2.42. The fraction of sp³-hybridized carbons (Fsp3) is 0.556. The zero-order valence-corrected chi connectivity index (χ0v) is 27.0. The number of hydrogen-bond donors (Lipinski definition) is 0. The van der Waals surface area contributed by atoms with Crippen molar-refractivity contribution >= 4 is 0 Å². The van der Waals surface area contributed by atoms with Gasteiger partial charge in [0.15, 0.2) is 17.9 Å². The van der Waals surface area contributed by atoms with Crippen LogP contribution >= 0.6 is 0 Å². The first-order chi connectivity index (χ1) is 21.6. The summed E-state index contributed by atoms with van der Waals surface area (Å²) >= 11 is 0. The van der Waals surface area contributed by atoms with E-state index in [0.717, 1.165) is 11.1 Å². The Kier molecular flexibility index (Phi) is 11.3. The normalized spacial score (nSPS) is 31.9. The van der Waals surface area contributed by atoms with Crippen molar-refractivity contribution < 1.29 is 42.6 Å². The van der Waals surface area contributed by atoms with Crippen molar-refractivity contribution in [3.05, 3.63) is 97.1 Å². The SMILES string of the molecule is C=CCO[C@H]([C@@H](C=C)[C@H]1O[C@@H](OC)[C@H](OCc2ccccc2)[C@@H]1OCc1ccccc1)[C@H]1OC(C)(C)O[C@@H]1[C@H]1COC(C)(C)O1. The minimum atomic E-state index is -0.886. The smallest absolute Gasteiger partial charge is 0.186 e. The molecule has 0 saturated carbocycles. The number of rotatable bonds is 15. The summed E-state index contributed by atoms with van der Waals surface area (Å²) in [5, 5.41) is 0. The molecule has 0 aliphatic carbocycles. The predicted molar refractivity (Wildman–Crippen MR) is 168 cm³/mol. The van der Waals surface area contributed by atoms with Crippen molar-refractivity contribution in [3.8, 4) is 0 Å². The van der Waals surface area contributed by atoms with Gasteiger partial charge in [0.05, 0.1) is 38.6 Å². The van der Waals surface area contributed by atoms with E-state index in [-0.39, 0.29) is 12.7 Å². The number of hydrogen-bond acceptors (Lipinski definition) is 9. The Morgan fingerprint density at radius 2 is 1.44 bits per heavy atom. The molecule has 3 heterocycles. The van der Waals surface area contributed by atoms with Gasteiger partial charge in [0, 0.05) is 13.0 Å². The summed E-state index contributed by atoms with van der Waals surface area (Å²) in [4.78, 5) is 0. The average molecular weight is 625 g/mol. The van der Waals surface area contributed by atoms with Gasteiger partial charge in [0.2, 0.25) is 0 Å². The largest absolute Gasteiger partial charge is 0.371 e. The van der Waals surface area contributed by atoms with Crippen molar-refractivity contribution in [1.29, 1.82) is 0 Å². The molecule has 0 spiro atoms. The highest BCUT2D eigenvalue weighted by molar-refractivity contribution is 5.15. The van der Waals surface area contributed by atoms with Gasteiger partial charge in [-0.25, -0.2) is 0 Å². The number of benzene rings is 2. The molecule has 9 heteroatoms. The van der Waals surface area contributed by atoms with E-state index in [4.69, 9.17) is 42.6 Å². The first kappa shape index (κ1) is 33.9. The molecule has 9 atom stereocenters. The zero-order valence-electron chi connectivity index (χ0n) is 27.0. The fourth-order valence-electron chi connectivity index (χ4n) is 6.34. The van der Waals surface area contributed by atoms with E-state index in [1.165, 1.54) is 0 Å². The van der Waals surface area contributed by atoms with Gasteiger partial charge in [-0.15, -0.1) is 13.2 Å². The summed E-state index contributed by atoms with van der Waals surface area (Å²) in [6.07, 6.45) is -0.730. The first-order valence-electron chi connectivity index (χ1n) is 15.7. The molecule has 2 aromatic carbocycles. The highest BCUT2D eigenvalue weighted by atomic mass is 16.8. The van der Waals surface area contributed by atoms with E-state index in [1.807, 2.05) is 94.4 Å². The van der Waals surface area contributed by atoms with Crippen LogP contribution in [-0.4, -0.2) is 80.9 Å². The Morgan fingerprint density at radius 3 is 1.98 bits per heavy atom. The number of methoxy groups -OCH3 is 1. The Balaban J connectivity index is 1.46. The van der Waals surface area contributed by atoms with Gasteiger partial charge >= 0.3 is 0 Å². The van der Waals surface area contributed by atoms with Crippen LogP contribution in [0, 0.1) is 5.92 Å². The van der Waals surface area contributed by atoms with Crippen LogP contribution in [0.3, 0.4) is 0 Å². The lowest BCUT2D eigenvalue weighted by molar-refractivity contribution is -0.185. The number of ether oxygens (including phenoxy) is 9. The zero-order chi connectivity index (χ0) is 32.0. The van der Waals surface area contributed by atoms with Gasteiger partial charge in [-0.3, -0.25) is 0 Å². The molecule has 3 fully saturated rings. The standard InChI is InChI=1S/C36H48O9/c1-8-20-38-28(32-30(44-36(5,6)45-32)27-23-41-35(3,4)43-27)26(9-2)29-31(39-21-24-16-12-10-13-17-24)33(34(37-7)42-29)40-22-25-18-14-11-15-19-25/h8-19,26-34H,1-2,20-23H2,3-7H3/t26-,27-,28-,29-,30-,31-,32-,33-,34-/m1/s1. The van der Waals surface area contributed by atoms with Crippen LogP contribution in [0.1, 0.15) is 38.8 Å². The lowest BCUT2D eigenvalue weighted by Gasteiger charge is -2.37. The molecule has 9 nitrogen and oxygen atoms in total. The van der Waals surface area contributed by atoms with Crippen LogP contribution in [-0.2, 0) is 55.8 Å². The first-order valence-corrected chi connectivity index (χ1v) is 15.7. The van der Waals surface area contributed by atoms with E-state index in [0.29, 0.717) is 19.8 Å². The van der Waals surface area contributed by atoms with E-state index in [2.05, 4.69) is 13.2 Å². The van der Waals surface area contributed by atoms with Crippen molar-refractivity contribution in [2.45, 2.75) is 102 Å². The second kappa shape index (κ2) is 15.0. The maximum Gasteiger partial charge on any atom is 0.186 e. The lowest BCUT2D eigenvalue weighted by atomic mass is 9.86. The quantitative estimate of drug-likeness (QED) is 0.236. The minimum absolute atomic E-state index is 0.277. The van der Waals surface area contributed by atoms with Gasteiger partial charge in [0.1, 0.15) is 30.5 Å². The van der Waals surface area contributed by atoms with Gasteiger partial charge in [-0.05, 0) is 38.8 Å². The highest BCUT2D eigenvalue weighted by Gasteiger charge is 2.57. The van der Waals surface area contributed by atoms with Gasteiger partial charge < -0.3 is 42.6 Å². The van der Waals surface area contributed by atoms with Crippen molar-refractivity contribution in [1.82, 2.24) is 0 Å². The summed E-state index contributed by atoms with van der Waals surface area (Å²) in [5.74, 6) is -2.04. The summed E-state index contributed by atoms with van der Waals surface area (Å²) in [6.45, 7) is 17.1. The molecule has 5 rings (SSSR count). The van der Waals surface area contributed by atoms with E-state index in [9.17, 15) is 0 Å². The molecule has 0 unspecified atom stereocenters. The summed E-state index contributed by atoms with van der Waals surface area (Å²) in [5.41, 5.74) is 2.07. The predicted octanol–water partition coefficient (Wildman–Crippen LogP) is 5.57. The molecule has 0 amide bonds. The second-order valence-electron chi connectivity index (χ2n) is 12.6. The summed E-state index contributed by atoms with van der Waals surface area (Å²) in [7, 11) is 1.61. The average Bonchev–Trinajstić information content (AvgIpc) is 3.69. The lowest BCUT2D eigenvalue weighted by Crippen LogP contribution is -2.52. The van der Waals surface area contributed by atoms with E-state index >= 15 is 0 Å². The monoisotopic (exact) mass is 624 g/mol. The maximum absolute atomic E-state index is 6.66. The van der Waals surface area contributed by atoms with Crippen molar-refractivity contribution in [2.24, 2.45) is 5.92 Å². The fourth-order valence-corrected chi connectivity index (χ4v) is 6.34. The van der Waals surface area contributed by atoms with Crippen LogP contribution in [0.2, 0.25) is 0 Å². The molecule has 0 N–H and O–H groups in total. The third kappa shape index (κ3) is 8.29. The van der Waals surface area contributed by atoms with Crippen molar-refractivity contribution in [2.75, 3.05) is 20.3 Å². The second-order valence-corrected chi connectivity index (χ2v) is 12.6. The topological polar surface area (TPSA) is 83.1 Å². The molecular weight excluding hydrogens is 576 g/mol. The molecule has 0 bridgehead atoms. The van der Waals surface area contributed by atoms with E-state index in [1.54, 1.807) is 13.2 Å². The van der Waals surface area contributed by atoms with Gasteiger partial charge in [-0.2, -0.15) is 0 Å². The summed E-state index contributed by atoms with van der Waals surface area (Å²) < 4.78 is 57.4. The van der Waals surface area contributed by atoms with Crippen LogP contribution in [0.4, 0.5) is 0 Å².